The van der Waals surface area contributed by atoms with E-state index in [0.29, 0.717) is 5.56 Å². The maximum atomic E-state index is 11.6. The molecule has 18 heavy (non-hydrogen) atoms. The van der Waals surface area contributed by atoms with Gasteiger partial charge in [0.15, 0.2) is 6.10 Å². The summed E-state index contributed by atoms with van der Waals surface area (Å²) in [5, 5.41) is 8.57. The van der Waals surface area contributed by atoms with E-state index >= 15 is 0 Å². The molecule has 0 saturated heterocycles. The minimum atomic E-state index is -0.735. The van der Waals surface area contributed by atoms with Crippen molar-refractivity contribution < 1.29 is 9.53 Å². The quantitative estimate of drug-likeness (QED) is 0.775. The lowest BCUT2D eigenvalue weighted by molar-refractivity contribution is 0.0435. The molecule has 0 N–H and O–H groups in total. The van der Waals surface area contributed by atoms with Crippen molar-refractivity contribution in [1.29, 1.82) is 5.26 Å². The molecule has 2 aromatic rings. The van der Waals surface area contributed by atoms with E-state index in [0.717, 1.165) is 5.69 Å². The summed E-state index contributed by atoms with van der Waals surface area (Å²) in [5.41, 5.74) is 1.40. The third kappa shape index (κ3) is 2.58. The van der Waals surface area contributed by atoms with E-state index in [2.05, 4.69) is 0 Å². The maximum absolute atomic E-state index is 11.6. The number of carbonyl (C=O) groups excluding carboxylic acids is 1. The first kappa shape index (κ1) is 11.9. The number of hydrogen-bond donors (Lipinski definition) is 0. The zero-order valence-corrected chi connectivity index (χ0v) is 9.91. The molecule has 1 heterocycles. The predicted octanol–water partition coefficient (Wildman–Crippen LogP) is 2.55. The lowest BCUT2D eigenvalue weighted by atomic mass is 10.2. The Labute approximate surface area is 105 Å². The largest absolute Gasteiger partial charge is 0.444 e. The number of esters is 1. The van der Waals surface area contributed by atoms with Crippen LogP contribution in [0.4, 0.5) is 0 Å². The van der Waals surface area contributed by atoms with Gasteiger partial charge in [-0.05, 0) is 43.3 Å². The second-order valence-corrected chi connectivity index (χ2v) is 3.81. The topological polar surface area (TPSA) is 55.0 Å². The molecule has 0 aliphatic rings. The van der Waals surface area contributed by atoms with Gasteiger partial charge in [0.2, 0.25) is 0 Å². The van der Waals surface area contributed by atoms with Gasteiger partial charge in [-0.2, -0.15) is 5.26 Å². The van der Waals surface area contributed by atoms with Crippen molar-refractivity contribution in [3.63, 3.8) is 0 Å². The van der Waals surface area contributed by atoms with E-state index < -0.39 is 12.1 Å². The van der Waals surface area contributed by atoms with Crippen molar-refractivity contribution in [3.8, 4) is 11.8 Å². The SMILES string of the molecule is C[C@H](C#N)OC(=O)c1ccc(-n2cccc2)cc1. The smallest absolute Gasteiger partial charge is 0.339 e. The standard InChI is InChI=1S/C14H12N2O2/c1-11(10-15)18-14(17)12-4-6-13(7-5-12)16-8-2-3-9-16/h2-9,11H,1H3/t11-/m1/s1. The van der Waals surface area contributed by atoms with Crippen LogP contribution >= 0.6 is 0 Å². The molecule has 2 rings (SSSR count). The molecule has 4 heteroatoms. The molecule has 0 radical (unpaired) electrons. The second kappa shape index (κ2) is 5.19. The van der Waals surface area contributed by atoms with Gasteiger partial charge < -0.3 is 9.30 Å². The highest BCUT2D eigenvalue weighted by molar-refractivity contribution is 5.89. The predicted molar refractivity (Wildman–Crippen MR) is 66.3 cm³/mol. The fraction of sp³-hybridized carbons (Fsp3) is 0.143. The molecule has 0 fully saturated rings. The Bertz CT molecular complexity index is 565. The average Bonchev–Trinajstić information content (AvgIpc) is 2.92. The monoisotopic (exact) mass is 240 g/mol. The number of ether oxygens (including phenoxy) is 1. The molecular weight excluding hydrogens is 228 g/mol. The molecule has 4 nitrogen and oxygen atoms in total. The highest BCUT2D eigenvalue weighted by Gasteiger charge is 2.10. The van der Waals surface area contributed by atoms with Crippen LogP contribution in [-0.4, -0.2) is 16.6 Å². The fourth-order valence-electron chi connectivity index (χ4n) is 1.53. The molecular formula is C14H12N2O2. The Kier molecular flexibility index (Phi) is 3.44. The van der Waals surface area contributed by atoms with Crippen LogP contribution in [0.3, 0.4) is 0 Å². The van der Waals surface area contributed by atoms with Crippen LogP contribution in [0.15, 0.2) is 48.8 Å². The summed E-state index contributed by atoms with van der Waals surface area (Å²) < 4.78 is 6.85. The Morgan fingerprint density at radius 3 is 2.44 bits per heavy atom. The van der Waals surface area contributed by atoms with E-state index in [1.807, 2.05) is 47.3 Å². The molecule has 1 aromatic heterocycles. The Hall–Kier alpha value is -2.54. The molecule has 0 unspecified atom stereocenters. The third-order valence-electron chi connectivity index (χ3n) is 2.47. The van der Waals surface area contributed by atoms with E-state index in [4.69, 9.17) is 10.00 Å². The van der Waals surface area contributed by atoms with Crippen molar-refractivity contribution in [1.82, 2.24) is 4.57 Å². The normalized spacial score (nSPS) is 11.6. The number of rotatable bonds is 3. The maximum Gasteiger partial charge on any atom is 0.339 e. The first-order chi connectivity index (χ1) is 8.70. The Morgan fingerprint density at radius 2 is 1.89 bits per heavy atom. The lowest BCUT2D eigenvalue weighted by Crippen LogP contribution is -2.13. The first-order valence-corrected chi connectivity index (χ1v) is 5.54. The second-order valence-electron chi connectivity index (χ2n) is 3.81. The van der Waals surface area contributed by atoms with Crippen LogP contribution in [-0.2, 0) is 4.74 Å². The fourth-order valence-corrected chi connectivity index (χ4v) is 1.53. The Morgan fingerprint density at radius 1 is 1.28 bits per heavy atom. The number of aromatic nitrogens is 1. The summed E-state index contributed by atoms with van der Waals surface area (Å²) in [5.74, 6) is -0.483. The van der Waals surface area contributed by atoms with Gasteiger partial charge in [0, 0.05) is 18.1 Å². The molecule has 0 spiro atoms. The zero-order valence-electron chi connectivity index (χ0n) is 9.91. The van der Waals surface area contributed by atoms with Crippen LogP contribution in [0.25, 0.3) is 5.69 Å². The van der Waals surface area contributed by atoms with Crippen molar-refractivity contribution in [2.24, 2.45) is 0 Å². The average molecular weight is 240 g/mol. The third-order valence-corrected chi connectivity index (χ3v) is 2.47. The van der Waals surface area contributed by atoms with Gasteiger partial charge in [0.25, 0.3) is 0 Å². The Balaban J connectivity index is 2.13. The van der Waals surface area contributed by atoms with Crippen LogP contribution in [0.5, 0.6) is 0 Å². The summed E-state index contributed by atoms with van der Waals surface area (Å²) in [6, 6.07) is 12.7. The van der Waals surface area contributed by atoms with Gasteiger partial charge in [0.1, 0.15) is 6.07 Å². The van der Waals surface area contributed by atoms with Gasteiger partial charge in [-0.1, -0.05) is 0 Å². The van der Waals surface area contributed by atoms with Crippen molar-refractivity contribution in [2.75, 3.05) is 0 Å². The van der Waals surface area contributed by atoms with Gasteiger partial charge in [0.05, 0.1) is 5.56 Å². The number of nitriles is 1. The molecule has 1 aromatic carbocycles. The van der Waals surface area contributed by atoms with Crippen LogP contribution in [0, 0.1) is 11.3 Å². The van der Waals surface area contributed by atoms with Crippen molar-refractivity contribution in [2.45, 2.75) is 13.0 Å². The highest BCUT2D eigenvalue weighted by Crippen LogP contribution is 2.11. The summed E-state index contributed by atoms with van der Waals surface area (Å²) in [7, 11) is 0. The van der Waals surface area contributed by atoms with Crippen LogP contribution < -0.4 is 0 Å². The number of carbonyl (C=O) groups is 1. The summed E-state index contributed by atoms with van der Waals surface area (Å²) in [4.78, 5) is 11.6. The van der Waals surface area contributed by atoms with Crippen molar-refractivity contribution >= 4 is 5.97 Å². The van der Waals surface area contributed by atoms with Gasteiger partial charge in [-0.15, -0.1) is 0 Å². The van der Waals surface area contributed by atoms with E-state index in [-0.39, 0.29) is 0 Å². The van der Waals surface area contributed by atoms with Crippen molar-refractivity contribution in [3.05, 3.63) is 54.4 Å². The van der Waals surface area contributed by atoms with Crippen LogP contribution in [0.2, 0.25) is 0 Å². The van der Waals surface area contributed by atoms with Gasteiger partial charge >= 0.3 is 5.97 Å². The number of hydrogen-bond acceptors (Lipinski definition) is 3. The number of nitrogens with zero attached hydrogens (tertiary/aromatic N) is 2. The van der Waals surface area contributed by atoms with E-state index in [1.165, 1.54) is 6.92 Å². The summed E-state index contributed by atoms with van der Waals surface area (Å²) >= 11 is 0. The minimum absolute atomic E-state index is 0.438. The van der Waals surface area contributed by atoms with E-state index in [9.17, 15) is 4.79 Å². The molecule has 0 aliphatic heterocycles. The van der Waals surface area contributed by atoms with E-state index in [1.54, 1.807) is 12.1 Å². The molecule has 90 valence electrons. The molecule has 0 aliphatic carbocycles. The zero-order chi connectivity index (χ0) is 13.0. The number of benzene rings is 1. The first-order valence-electron chi connectivity index (χ1n) is 5.54. The summed E-state index contributed by atoms with van der Waals surface area (Å²) in [6.07, 6.45) is 3.11. The summed E-state index contributed by atoms with van der Waals surface area (Å²) in [6.45, 7) is 1.53. The molecule has 0 amide bonds. The lowest BCUT2D eigenvalue weighted by Gasteiger charge is -2.07. The highest BCUT2D eigenvalue weighted by atomic mass is 16.5. The molecule has 0 saturated carbocycles. The van der Waals surface area contributed by atoms with Crippen LogP contribution in [0.1, 0.15) is 17.3 Å². The minimum Gasteiger partial charge on any atom is -0.444 e. The molecule has 1 atom stereocenters. The van der Waals surface area contributed by atoms with Gasteiger partial charge in [-0.3, -0.25) is 0 Å². The molecule has 0 bridgehead atoms. The van der Waals surface area contributed by atoms with Gasteiger partial charge in [-0.25, -0.2) is 4.79 Å².